The monoisotopic (exact) mass is 360 g/mol. The Hall–Kier alpha value is -2.98. The normalized spacial score (nSPS) is 17.0. The van der Waals surface area contributed by atoms with Crippen LogP contribution in [0.2, 0.25) is 0 Å². The molecule has 0 radical (unpaired) electrons. The molecule has 2 atom stereocenters. The Morgan fingerprint density at radius 3 is 2.37 bits per heavy atom. The number of carbonyl (C=O) groups is 1. The standard InChI is InChI=1S/C23H21FN2O/c1-16(18-7-3-2-4-8-18)25-22-20-9-5-6-10-21(20)23(27)26(22)15-17-11-13-19(24)14-12-17/h2-14,16,22,25H,15H2,1H3/t16-,22+/m0/s1. The fourth-order valence-electron chi connectivity index (χ4n) is 3.57. The van der Waals surface area contributed by atoms with Gasteiger partial charge in [0.05, 0.1) is 0 Å². The SMILES string of the molecule is C[C@H](N[C@H]1c2ccccc2C(=O)N1Cc1ccc(F)cc1)c1ccccc1. The minimum Gasteiger partial charge on any atom is -0.315 e. The van der Waals surface area contributed by atoms with Crippen LogP contribution < -0.4 is 5.32 Å². The van der Waals surface area contributed by atoms with Crippen LogP contribution in [0, 0.1) is 5.82 Å². The minimum absolute atomic E-state index is 0.00677. The van der Waals surface area contributed by atoms with Crippen LogP contribution in [-0.4, -0.2) is 10.8 Å². The van der Waals surface area contributed by atoms with Crippen molar-refractivity contribution in [3.05, 3.63) is 107 Å². The molecule has 0 saturated heterocycles. The van der Waals surface area contributed by atoms with Crippen molar-refractivity contribution in [2.24, 2.45) is 0 Å². The molecule has 27 heavy (non-hydrogen) atoms. The van der Waals surface area contributed by atoms with E-state index in [-0.39, 0.29) is 23.9 Å². The van der Waals surface area contributed by atoms with E-state index in [9.17, 15) is 9.18 Å². The second-order valence-corrected chi connectivity index (χ2v) is 6.85. The lowest BCUT2D eigenvalue weighted by Crippen LogP contribution is -2.37. The molecule has 0 aliphatic carbocycles. The van der Waals surface area contributed by atoms with Gasteiger partial charge in [0.25, 0.3) is 5.91 Å². The third-order valence-electron chi connectivity index (χ3n) is 5.03. The molecule has 4 rings (SSSR count). The fourth-order valence-corrected chi connectivity index (χ4v) is 3.57. The van der Waals surface area contributed by atoms with Gasteiger partial charge >= 0.3 is 0 Å². The molecule has 0 fully saturated rings. The van der Waals surface area contributed by atoms with E-state index in [1.54, 1.807) is 12.1 Å². The molecule has 1 amide bonds. The Morgan fingerprint density at radius 2 is 1.63 bits per heavy atom. The first-order valence-corrected chi connectivity index (χ1v) is 9.09. The molecule has 1 N–H and O–H groups in total. The molecule has 0 unspecified atom stereocenters. The summed E-state index contributed by atoms with van der Waals surface area (Å²) in [6, 6.07) is 24.2. The van der Waals surface area contributed by atoms with Crippen molar-refractivity contribution in [3.8, 4) is 0 Å². The zero-order valence-corrected chi connectivity index (χ0v) is 15.1. The maximum Gasteiger partial charge on any atom is 0.256 e. The van der Waals surface area contributed by atoms with E-state index in [0.717, 1.165) is 22.3 Å². The predicted molar refractivity (Wildman–Crippen MR) is 103 cm³/mol. The number of rotatable bonds is 5. The van der Waals surface area contributed by atoms with Crippen molar-refractivity contribution in [1.29, 1.82) is 0 Å². The summed E-state index contributed by atoms with van der Waals surface area (Å²) < 4.78 is 13.2. The first-order chi connectivity index (χ1) is 13.1. The second kappa shape index (κ2) is 7.33. The molecule has 3 aromatic carbocycles. The van der Waals surface area contributed by atoms with Crippen molar-refractivity contribution >= 4 is 5.91 Å². The highest BCUT2D eigenvalue weighted by Gasteiger charge is 2.37. The summed E-state index contributed by atoms with van der Waals surface area (Å²) in [5, 5.41) is 3.59. The third kappa shape index (κ3) is 3.49. The first kappa shape index (κ1) is 17.4. The number of hydrogen-bond donors (Lipinski definition) is 1. The fraction of sp³-hybridized carbons (Fsp3) is 0.174. The van der Waals surface area contributed by atoms with Gasteiger partial charge in [0.2, 0.25) is 0 Å². The van der Waals surface area contributed by atoms with Crippen LogP contribution in [0.4, 0.5) is 4.39 Å². The third-order valence-corrected chi connectivity index (χ3v) is 5.03. The molecule has 0 aromatic heterocycles. The van der Waals surface area contributed by atoms with E-state index >= 15 is 0 Å². The lowest BCUT2D eigenvalue weighted by molar-refractivity contribution is 0.0665. The lowest BCUT2D eigenvalue weighted by Gasteiger charge is -2.29. The summed E-state index contributed by atoms with van der Waals surface area (Å²) in [4.78, 5) is 14.8. The number of carbonyl (C=O) groups excluding carboxylic acids is 1. The predicted octanol–water partition coefficient (Wildman–Crippen LogP) is 4.83. The lowest BCUT2D eigenvalue weighted by atomic mass is 10.1. The van der Waals surface area contributed by atoms with E-state index in [4.69, 9.17) is 0 Å². The molecule has 1 aliphatic heterocycles. The average Bonchev–Trinajstić information content (AvgIpc) is 2.96. The van der Waals surface area contributed by atoms with Gasteiger partial charge < -0.3 is 4.90 Å². The summed E-state index contributed by atoms with van der Waals surface area (Å²) in [7, 11) is 0. The van der Waals surface area contributed by atoms with E-state index in [1.165, 1.54) is 12.1 Å². The van der Waals surface area contributed by atoms with Gasteiger partial charge in [0.1, 0.15) is 12.0 Å². The van der Waals surface area contributed by atoms with Crippen molar-refractivity contribution < 1.29 is 9.18 Å². The van der Waals surface area contributed by atoms with Crippen LogP contribution in [0.15, 0.2) is 78.9 Å². The molecule has 1 aliphatic rings. The second-order valence-electron chi connectivity index (χ2n) is 6.85. The van der Waals surface area contributed by atoms with Crippen LogP contribution in [-0.2, 0) is 6.54 Å². The molecule has 4 heteroatoms. The summed E-state index contributed by atoms with van der Waals surface area (Å²) >= 11 is 0. The summed E-state index contributed by atoms with van der Waals surface area (Å²) in [6.45, 7) is 2.52. The van der Waals surface area contributed by atoms with Crippen LogP contribution in [0.25, 0.3) is 0 Å². The van der Waals surface area contributed by atoms with E-state index in [0.29, 0.717) is 6.54 Å². The number of hydrogen-bond acceptors (Lipinski definition) is 2. The van der Waals surface area contributed by atoms with Crippen molar-refractivity contribution in [2.45, 2.75) is 25.7 Å². The molecular weight excluding hydrogens is 339 g/mol. The van der Waals surface area contributed by atoms with Gasteiger partial charge in [-0.05, 0) is 36.2 Å². The Kier molecular flexibility index (Phi) is 4.73. The van der Waals surface area contributed by atoms with Gasteiger partial charge in [-0.3, -0.25) is 10.1 Å². The highest BCUT2D eigenvalue weighted by atomic mass is 19.1. The topological polar surface area (TPSA) is 32.3 Å². The zero-order valence-electron chi connectivity index (χ0n) is 15.1. The molecule has 136 valence electrons. The maximum absolute atomic E-state index is 13.2. The number of amides is 1. The van der Waals surface area contributed by atoms with Gasteiger partial charge in [-0.15, -0.1) is 0 Å². The average molecular weight is 360 g/mol. The number of nitrogens with one attached hydrogen (secondary N) is 1. The molecule has 0 bridgehead atoms. The number of benzene rings is 3. The van der Waals surface area contributed by atoms with E-state index < -0.39 is 0 Å². The van der Waals surface area contributed by atoms with E-state index in [1.807, 2.05) is 47.4 Å². The summed E-state index contributed by atoms with van der Waals surface area (Å²) in [5.41, 5.74) is 3.76. The minimum atomic E-state index is -0.276. The van der Waals surface area contributed by atoms with E-state index in [2.05, 4.69) is 24.4 Å². The highest BCUT2D eigenvalue weighted by Crippen LogP contribution is 2.34. The van der Waals surface area contributed by atoms with Crippen molar-refractivity contribution in [2.75, 3.05) is 0 Å². The Balaban J connectivity index is 1.64. The molecule has 3 nitrogen and oxygen atoms in total. The van der Waals surface area contributed by atoms with Crippen LogP contribution in [0.3, 0.4) is 0 Å². The van der Waals surface area contributed by atoms with Crippen LogP contribution in [0.5, 0.6) is 0 Å². The van der Waals surface area contributed by atoms with Crippen molar-refractivity contribution in [3.63, 3.8) is 0 Å². The first-order valence-electron chi connectivity index (χ1n) is 9.09. The number of fused-ring (bicyclic) bond motifs is 1. The van der Waals surface area contributed by atoms with Gasteiger partial charge in [-0.1, -0.05) is 60.7 Å². The molecule has 0 spiro atoms. The van der Waals surface area contributed by atoms with Gasteiger partial charge in [0, 0.05) is 23.7 Å². The molecular formula is C23H21FN2O. The smallest absolute Gasteiger partial charge is 0.256 e. The largest absolute Gasteiger partial charge is 0.315 e. The zero-order chi connectivity index (χ0) is 18.8. The van der Waals surface area contributed by atoms with Gasteiger partial charge in [-0.25, -0.2) is 4.39 Å². The Bertz CT molecular complexity index is 940. The van der Waals surface area contributed by atoms with Crippen LogP contribution >= 0.6 is 0 Å². The molecule has 1 heterocycles. The summed E-state index contributed by atoms with van der Waals surface area (Å²) in [5.74, 6) is -0.283. The maximum atomic E-state index is 13.2. The Labute approximate surface area is 158 Å². The van der Waals surface area contributed by atoms with Gasteiger partial charge in [-0.2, -0.15) is 0 Å². The highest BCUT2D eigenvalue weighted by molar-refractivity contribution is 5.99. The number of nitrogens with zero attached hydrogens (tertiary/aromatic N) is 1. The molecule has 3 aromatic rings. The Morgan fingerprint density at radius 1 is 0.963 bits per heavy atom. The van der Waals surface area contributed by atoms with Gasteiger partial charge in [0.15, 0.2) is 0 Å². The molecule has 0 saturated carbocycles. The summed E-state index contributed by atoms with van der Waals surface area (Å²) in [6.07, 6.45) is -0.228. The number of halogens is 1. The van der Waals surface area contributed by atoms with Crippen LogP contribution in [0.1, 0.15) is 46.2 Å². The quantitative estimate of drug-likeness (QED) is 0.707. The van der Waals surface area contributed by atoms with Crippen molar-refractivity contribution in [1.82, 2.24) is 10.2 Å².